The smallest absolute Gasteiger partial charge is 0.0621 e. The van der Waals surface area contributed by atoms with Gasteiger partial charge in [-0.1, -0.05) is 12.8 Å². The minimum atomic E-state index is 0.409. The van der Waals surface area contributed by atoms with Crippen molar-refractivity contribution < 1.29 is 4.74 Å². The molecule has 0 atom stereocenters. The fourth-order valence-electron chi connectivity index (χ4n) is 2.79. The highest BCUT2D eigenvalue weighted by Crippen LogP contribution is 2.47. The summed E-state index contributed by atoms with van der Waals surface area (Å²) >= 11 is 0. The molecule has 2 fully saturated rings. The Balaban J connectivity index is 1.94. The Morgan fingerprint density at radius 3 is 2.46 bits per heavy atom. The van der Waals surface area contributed by atoms with Crippen LogP contribution in [0.2, 0.25) is 0 Å². The van der Waals surface area contributed by atoms with Crippen molar-refractivity contribution in [2.24, 2.45) is 11.3 Å². The zero-order valence-electron chi connectivity index (χ0n) is 8.09. The van der Waals surface area contributed by atoms with Crippen molar-refractivity contribution in [2.75, 3.05) is 13.2 Å². The highest BCUT2D eigenvalue weighted by Gasteiger charge is 2.45. The topological polar surface area (TPSA) is 33.0 Å². The molecule has 0 aromatic heterocycles. The van der Waals surface area contributed by atoms with Gasteiger partial charge in [-0.2, -0.15) is 5.26 Å². The van der Waals surface area contributed by atoms with Crippen LogP contribution in [0.5, 0.6) is 0 Å². The van der Waals surface area contributed by atoms with E-state index in [2.05, 4.69) is 6.07 Å². The molecule has 0 unspecified atom stereocenters. The van der Waals surface area contributed by atoms with E-state index in [1.54, 1.807) is 0 Å². The molecule has 2 nitrogen and oxygen atoms in total. The maximum absolute atomic E-state index is 8.60. The minimum absolute atomic E-state index is 0.409. The lowest BCUT2D eigenvalue weighted by atomic mass is 9.70. The number of nitrogens with zero attached hydrogens (tertiary/aromatic N) is 1. The zero-order chi connectivity index (χ0) is 9.15. The molecule has 1 saturated carbocycles. The van der Waals surface area contributed by atoms with E-state index in [0.717, 1.165) is 25.6 Å². The van der Waals surface area contributed by atoms with E-state index in [9.17, 15) is 0 Å². The summed E-state index contributed by atoms with van der Waals surface area (Å²) in [4.78, 5) is 0. The van der Waals surface area contributed by atoms with Crippen molar-refractivity contribution in [1.29, 1.82) is 5.26 Å². The van der Waals surface area contributed by atoms with Crippen LogP contribution in [-0.2, 0) is 4.74 Å². The SMILES string of the molecule is N#CCCC1(C2CCCC2)COC1. The van der Waals surface area contributed by atoms with Crippen LogP contribution >= 0.6 is 0 Å². The first kappa shape index (κ1) is 9.02. The van der Waals surface area contributed by atoms with Crippen LogP contribution in [0.3, 0.4) is 0 Å². The number of rotatable bonds is 3. The predicted octanol–water partition coefficient (Wildman–Crippen LogP) is 2.50. The maximum atomic E-state index is 8.60. The monoisotopic (exact) mass is 179 g/mol. The van der Waals surface area contributed by atoms with Crippen molar-refractivity contribution in [3.63, 3.8) is 0 Å². The van der Waals surface area contributed by atoms with Gasteiger partial charge in [0.1, 0.15) is 0 Å². The summed E-state index contributed by atoms with van der Waals surface area (Å²) < 4.78 is 5.34. The van der Waals surface area contributed by atoms with Crippen LogP contribution in [0.4, 0.5) is 0 Å². The molecule has 0 spiro atoms. The van der Waals surface area contributed by atoms with Crippen molar-refractivity contribution in [2.45, 2.75) is 38.5 Å². The molecular weight excluding hydrogens is 162 g/mol. The molecule has 0 N–H and O–H groups in total. The Hall–Kier alpha value is -0.550. The second kappa shape index (κ2) is 3.67. The Labute approximate surface area is 79.9 Å². The third-order valence-corrected chi connectivity index (χ3v) is 3.73. The normalized spacial score (nSPS) is 26.7. The van der Waals surface area contributed by atoms with Crippen LogP contribution in [0.15, 0.2) is 0 Å². The molecule has 1 aliphatic carbocycles. The molecule has 1 heterocycles. The molecule has 2 aliphatic rings. The van der Waals surface area contributed by atoms with Crippen molar-refractivity contribution in [3.05, 3.63) is 0 Å². The van der Waals surface area contributed by atoms with Crippen molar-refractivity contribution >= 4 is 0 Å². The molecule has 0 aromatic rings. The third-order valence-electron chi connectivity index (χ3n) is 3.73. The second-order valence-corrected chi connectivity index (χ2v) is 4.49. The maximum Gasteiger partial charge on any atom is 0.0621 e. The van der Waals surface area contributed by atoms with Gasteiger partial charge in [0.2, 0.25) is 0 Å². The summed E-state index contributed by atoms with van der Waals surface area (Å²) in [6.07, 6.45) is 7.29. The van der Waals surface area contributed by atoms with E-state index in [-0.39, 0.29) is 0 Å². The Morgan fingerprint density at radius 2 is 2.00 bits per heavy atom. The molecule has 2 rings (SSSR count). The molecule has 2 heteroatoms. The van der Waals surface area contributed by atoms with Gasteiger partial charge in [0.15, 0.2) is 0 Å². The zero-order valence-corrected chi connectivity index (χ0v) is 8.09. The van der Waals surface area contributed by atoms with Gasteiger partial charge in [-0.25, -0.2) is 0 Å². The Bertz CT molecular complexity index is 209. The van der Waals surface area contributed by atoms with Gasteiger partial charge in [-0.05, 0) is 25.2 Å². The fraction of sp³-hybridized carbons (Fsp3) is 0.909. The molecule has 1 aliphatic heterocycles. The number of ether oxygens (including phenoxy) is 1. The first-order valence-corrected chi connectivity index (χ1v) is 5.32. The summed E-state index contributed by atoms with van der Waals surface area (Å²) in [5.41, 5.74) is 0.409. The molecule has 0 aromatic carbocycles. The first-order chi connectivity index (χ1) is 6.37. The first-order valence-electron chi connectivity index (χ1n) is 5.32. The van der Waals surface area contributed by atoms with Crippen LogP contribution in [0.25, 0.3) is 0 Å². The van der Waals surface area contributed by atoms with Gasteiger partial charge in [-0.15, -0.1) is 0 Å². The third kappa shape index (κ3) is 1.58. The standard InChI is InChI=1S/C11H17NO/c12-7-3-6-11(8-13-9-11)10-4-1-2-5-10/h10H,1-6,8-9H2. The quantitative estimate of drug-likeness (QED) is 0.667. The van der Waals surface area contributed by atoms with E-state index < -0.39 is 0 Å². The van der Waals surface area contributed by atoms with E-state index in [1.165, 1.54) is 25.7 Å². The lowest BCUT2D eigenvalue weighted by Crippen LogP contribution is -2.47. The largest absolute Gasteiger partial charge is 0.380 e. The molecule has 0 bridgehead atoms. The summed E-state index contributed by atoms with van der Waals surface area (Å²) in [5, 5.41) is 8.60. The highest BCUT2D eigenvalue weighted by atomic mass is 16.5. The number of hydrogen-bond acceptors (Lipinski definition) is 2. The van der Waals surface area contributed by atoms with Gasteiger partial charge in [0.25, 0.3) is 0 Å². The fourth-order valence-corrected chi connectivity index (χ4v) is 2.79. The van der Waals surface area contributed by atoms with Crippen LogP contribution in [-0.4, -0.2) is 13.2 Å². The molecular formula is C11H17NO. The highest BCUT2D eigenvalue weighted by molar-refractivity contribution is 4.95. The summed E-state index contributed by atoms with van der Waals surface area (Å²) in [6, 6.07) is 2.26. The van der Waals surface area contributed by atoms with Crippen molar-refractivity contribution in [1.82, 2.24) is 0 Å². The van der Waals surface area contributed by atoms with Gasteiger partial charge < -0.3 is 4.74 Å². The van der Waals surface area contributed by atoms with E-state index >= 15 is 0 Å². The van der Waals surface area contributed by atoms with Crippen molar-refractivity contribution in [3.8, 4) is 6.07 Å². The van der Waals surface area contributed by atoms with Crippen LogP contribution < -0.4 is 0 Å². The summed E-state index contributed by atoms with van der Waals surface area (Å²) in [5.74, 6) is 0.856. The van der Waals surface area contributed by atoms with Gasteiger partial charge >= 0.3 is 0 Å². The lowest BCUT2D eigenvalue weighted by Gasteiger charge is -2.46. The van der Waals surface area contributed by atoms with Crippen LogP contribution in [0, 0.1) is 22.7 Å². The minimum Gasteiger partial charge on any atom is -0.380 e. The number of nitriles is 1. The van der Waals surface area contributed by atoms with Gasteiger partial charge in [0, 0.05) is 11.8 Å². The average Bonchev–Trinajstić information content (AvgIpc) is 2.56. The van der Waals surface area contributed by atoms with Gasteiger partial charge in [0.05, 0.1) is 19.3 Å². The van der Waals surface area contributed by atoms with E-state index in [4.69, 9.17) is 10.00 Å². The molecule has 0 radical (unpaired) electrons. The predicted molar refractivity (Wildman–Crippen MR) is 50.1 cm³/mol. The van der Waals surface area contributed by atoms with E-state index in [1.807, 2.05) is 0 Å². The van der Waals surface area contributed by atoms with Crippen LogP contribution in [0.1, 0.15) is 38.5 Å². The lowest BCUT2D eigenvalue weighted by molar-refractivity contribution is -0.148. The van der Waals surface area contributed by atoms with E-state index in [0.29, 0.717) is 11.8 Å². The molecule has 13 heavy (non-hydrogen) atoms. The molecule has 0 amide bonds. The van der Waals surface area contributed by atoms with Gasteiger partial charge in [-0.3, -0.25) is 0 Å². The molecule has 1 saturated heterocycles. The second-order valence-electron chi connectivity index (χ2n) is 4.49. The Morgan fingerprint density at radius 1 is 1.31 bits per heavy atom. The summed E-state index contributed by atoms with van der Waals surface area (Å²) in [7, 11) is 0. The average molecular weight is 179 g/mol. The number of hydrogen-bond donors (Lipinski definition) is 0. The Kier molecular flexibility index (Phi) is 2.55. The summed E-state index contributed by atoms with van der Waals surface area (Å²) in [6.45, 7) is 1.83. The molecule has 72 valence electrons.